The van der Waals surface area contributed by atoms with Crippen molar-refractivity contribution < 1.29 is 32.9 Å². The summed E-state index contributed by atoms with van der Waals surface area (Å²) in [6.45, 7) is 4.83. The number of phosphoric acid groups is 1. The van der Waals surface area contributed by atoms with Crippen LogP contribution in [0.2, 0.25) is 0 Å². The molecular formula is C77H148N2O6P+. The molecule has 0 spiro atoms. The summed E-state index contributed by atoms with van der Waals surface area (Å²) in [5.41, 5.74) is 0. The molecule has 8 nitrogen and oxygen atoms in total. The average molecular weight is 1230 g/mol. The molecule has 0 saturated heterocycles. The smallest absolute Gasteiger partial charge is 0.391 e. The Kier molecular flexibility index (Phi) is 66.2. The minimum atomic E-state index is -4.33. The van der Waals surface area contributed by atoms with E-state index in [1.807, 2.05) is 21.1 Å². The standard InChI is InChI=1S/C77H147N2O6P/c1-6-8-10-12-14-16-18-20-22-24-26-28-30-31-32-33-34-35-36-37-38-39-40-41-42-43-44-45-46-47-49-51-53-55-57-59-61-63-65-67-69-71-77(81)78-75(74-85-86(82,83)84-73-72-79(3,4)5)76(80)70-68-66-64-62-60-58-56-54-52-50-48-29-27-25-23-21-19-17-15-13-11-9-7-2/h8,10,14,16,20,22,26,28,31-32,75-76,80H,6-7,9,11-13,15,17-19,21,23-25,27,29-30,33-74H2,1-5H3,(H-,78,81,82,83)/p+1/b10-8-,16-14-,22-20-,28-26-,32-31-. The number of amides is 1. The largest absolute Gasteiger partial charge is 0.472 e. The number of nitrogens with one attached hydrogen (secondary N) is 1. The highest BCUT2D eigenvalue weighted by molar-refractivity contribution is 7.47. The van der Waals surface area contributed by atoms with Crippen LogP contribution in [0.25, 0.3) is 0 Å². The van der Waals surface area contributed by atoms with E-state index < -0.39 is 20.0 Å². The van der Waals surface area contributed by atoms with Gasteiger partial charge in [-0.3, -0.25) is 13.8 Å². The minimum absolute atomic E-state index is 0.0767. The monoisotopic (exact) mass is 1230 g/mol. The SMILES string of the molecule is CC/C=C\C/C=C\C/C=C\C/C=C\C/C=C\CCCCCCCCCCCCCCCCCCCCCCCCCCCC(=O)NC(COP(=O)(O)OCC[N+](C)(C)C)C(O)CCCCCCCCCCCCCCCCCCCCCCCCC. The van der Waals surface area contributed by atoms with E-state index >= 15 is 0 Å². The second-order valence-corrected chi connectivity index (χ2v) is 28.5. The molecule has 0 aromatic rings. The molecule has 3 N–H and O–H groups in total. The number of unbranched alkanes of at least 4 members (excludes halogenated alkanes) is 47. The first-order chi connectivity index (χ1) is 42.0. The number of aliphatic hydroxyl groups is 1. The van der Waals surface area contributed by atoms with Crippen LogP contribution < -0.4 is 5.32 Å². The highest BCUT2D eigenvalue weighted by Crippen LogP contribution is 2.43. The normalized spacial score (nSPS) is 13.9. The molecule has 0 fully saturated rings. The van der Waals surface area contributed by atoms with Crippen molar-refractivity contribution in [3.05, 3.63) is 60.8 Å². The Bertz CT molecular complexity index is 1590. The molecule has 3 atom stereocenters. The molecule has 0 aromatic carbocycles. The number of carbonyl (C=O) groups is 1. The van der Waals surface area contributed by atoms with Crippen molar-refractivity contribution in [1.82, 2.24) is 5.32 Å². The van der Waals surface area contributed by atoms with E-state index in [0.29, 0.717) is 23.9 Å². The van der Waals surface area contributed by atoms with Gasteiger partial charge in [-0.2, -0.15) is 0 Å². The molecule has 0 bridgehead atoms. The van der Waals surface area contributed by atoms with Gasteiger partial charge in [0, 0.05) is 6.42 Å². The van der Waals surface area contributed by atoms with Gasteiger partial charge in [0.05, 0.1) is 39.9 Å². The number of phosphoric ester groups is 1. The summed E-state index contributed by atoms with van der Waals surface area (Å²) in [6.07, 6.45) is 93.5. The topological polar surface area (TPSA) is 105 Å². The van der Waals surface area contributed by atoms with Crippen LogP contribution in [0.5, 0.6) is 0 Å². The Morgan fingerprint density at radius 2 is 0.698 bits per heavy atom. The maximum absolute atomic E-state index is 13.1. The zero-order chi connectivity index (χ0) is 62.6. The molecule has 0 radical (unpaired) electrons. The van der Waals surface area contributed by atoms with E-state index in [1.54, 1.807) is 0 Å². The van der Waals surface area contributed by atoms with Gasteiger partial charge in [-0.25, -0.2) is 4.57 Å². The molecule has 0 aliphatic rings. The third-order valence-corrected chi connectivity index (χ3v) is 18.3. The summed E-state index contributed by atoms with van der Waals surface area (Å²) >= 11 is 0. The Morgan fingerprint density at radius 3 is 1.02 bits per heavy atom. The first kappa shape index (κ1) is 84.2. The van der Waals surface area contributed by atoms with Crippen molar-refractivity contribution >= 4 is 13.7 Å². The van der Waals surface area contributed by atoms with Gasteiger partial charge in [-0.15, -0.1) is 0 Å². The second-order valence-electron chi connectivity index (χ2n) is 27.0. The van der Waals surface area contributed by atoms with Crippen molar-refractivity contribution in [2.75, 3.05) is 40.9 Å². The number of hydrogen-bond acceptors (Lipinski definition) is 5. The van der Waals surface area contributed by atoms with Crippen molar-refractivity contribution in [2.24, 2.45) is 0 Å². The molecule has 9 heteroatoms. The van der Waals surface area contributed by atoms with E-state index in [-0.39, 0.29) is 19.1 Å². The maximum Gasteiger partial charge on any atom is 0.472 e. The van der Waals surface area contributed by atoms with Crippen molar-refractivity contribution in [3.63, 3.8) is 0 Å². The number of allylic oxidation sites excluding steroid dienone is 10. The van der Waals surface area contributed by atoms with Gasteiger partial charge < -0.3 is 19.8 Å². The molecule has 3 unspecified atom stereocenters. The van der Waals surface area contributed by atoms with Crippen LogP contribution in [-0.4, -0.2) is 73.4 Å². The van der Waals surface area contributed by atoms with Gasteiger partial charge in [0.2, 0.25) is 5.91 Å². The van der Waals surface area contributed by atoms with Crippen molar-refractivity contribution in [3.8, 4) is 0 Å². The zero-order valence-corrected chi connectivity index (χ0v) is 59.0. The molecule has 0 aliphatic carbocycles. The summed E-state index contributed by atoms with van der Waals surface area (Å²) in [5.74, 6) is -0.136. The molecule has 0 heterocycles. The van der Waals surface area contributed by atoms with E-state index in [2.05, 4.69) is 79.9 Å². The third-order valence-electron chi connectivity index (χ3n) is 17.3. The number of hydrogen-bond donors (Lipinski definition) is 3. The third kappa shape index (κ3) is 69.7. The first-order valence-electron chi connectivity index (χ1n) is 37.7. The van der Waals surface area contributed by atoms with E-state index in [1.165, 1.54) is 276 Å². The second kappa shape index (κ2) is 67.6. The highest BCUT2D eigenvalue weighted by Gasteiger charge is 2.28. The fourth-order valence-corrected chi connectivity index (χ4v) is 12.2. The molecule has 0 aromatic heterocycles. The zero-order valence-electron chi connectivity index (χ0n) is 58.1. The molecular weight excluding hydrogens is 1080 g/mol. The summed E-state index contributed by atoms with van der Waals surface area (Å²) in [4.78, 5) is 23.5. The summed E-state index contributed by atoms with van der Waals surface area (Å²) in [5, 5.41) is 14.2. The van der Waals surface area contributed by atoms with E-state index in [4.69, 9.17) is 9.05 Å². The Labute approximate surface area is 536 Å². The van der Waals surface area contributed by atoms with Crippen LogP contribution in [0, 0.1) is 0 Å². The van der Waals surface area contributed by atoms with Gasteiger partial charge in [0.1, 0.15) is 13.2 Å². The first-order valence-corrected chi connectivity index (χ1v) is 39.1. The molecule has 506 valence electrons. The number of quaternary nitrogens is 1. The van der Waals surface area contributed by atoms with Crippen LogP contribution >= 0.6 is 7.82 Å². The predicted molar refractivity (Wildman–Crippen MR) is 378 cm³/mol. The average Bonchev–Trinajstić information content (AvgIpc) is 3.70. The number of nitrogens with zero attached hydrogens (tertiary/aromatic N) is 1. The number of aliphatic hydroxyl groups excluding tert-OH is 1. The quantitative estimate of drug-likeness (QED) is 0.0243. The van der Waals surface area contributed by atoms with Crippen LogP contribution in [0.4, 0.5) is 0 Å². The van der Waals surface area contributed by atoms with E-state index in [9.17, 15) is 19.4 Å². The molecule has 0 saturated carbocycles. The summed E-state index contributed by atoms with van der Waals surface area (Å²) < 4.78 is 23.9. The number of carbonyl (C=O) groups excluding carboxylic acids is 1. The van der Waals surface area contributed by atoms with Gasteiger partial charge in [-0.05, 0) is 57.8 Å². The highest BCUT2D eigenvalue weighted by atomic mass is 31.2. The summed E-state index contributed by atoms with van der Waals surface area (Å²) in [6, 6.07) is -0.761. The predicted octanol–water partition coefficient (Wildman–Crippen LogP) is 24.3. The van der Waals surface area contributed by atoms with E-state index in [0.717, 1.165) is 70.6 Å². The van der Waals surface area contributed by atoms with Crippen molar-refractivity contribution in [2.45, 2.75) is 386 Å². The van der Waals surface area contributed by atoms with Gasteiger partial charge in [0.25, 0.3) is 0 Å². The fraction of sp³-hybridized carbons (Fsp3) is 0.857. The lowest BCUT2D eigenvalue weighted by atomic mass is 10.0. The molecule has 0 aliphatic heterocycles. The lowest BCUT2D eigenvalue weighted by Crippen LogP contribution is -2.46. The van der Waals surface area contributed by atoms with Gasteiger partial charge in [-0.1, -0.05) is 370 Å². The number of rotatable bonds is 70. The maximum atomic E-state index is 13.1. The lowest BCUT2D eigenvalue weighted by molar-refractivity contribution is -0.870. The molecule has 0 rings (SSSR count). The van der Waals surface area contributed by atoms with Gasteiger partial charge >= 0.3 is 7.82 Å². The molecule has 1 amide bonds. The number of likely N-dealkylation sites (N-methyl/N-ethyl adjacent to an activating group) is 1. The lowest BCUT2D eigenvalue weighted by Gasteiger charge is -2.26. The van der Waals surface area contributed by atoms with Crippen LogP contribution in [0.1, 0.15) is 373 Å². The van der Waals surface area contributed by atoms with Gasteiger partial charge in [0.15, 0.2) is 0 Å². The Balaban J connectivity index is 3.90. The fourth-order valence-electron chi connectivity index (χ4n) is 11.5. The van der Waals surface area contributed by atoms with Crippen LogP contribution in [0.15, 0.2) is 60.8 Å². The molecule has 86 heavy (non-hydrogen) atoms. The summed E-state index contributed by atoms with van der Waals surface area (Å²) in [7, 11) is 1.63. The Morgan fingerprint density at radius 1 is 0.407 bits per heavy atom. The Hall–Kier alpha value is -1.80. The minimum Gasteiger partial charge on any atom is -0.391 e. The van der Waals surface area contributed by atoms with Crippen LogP contribution in [-0.2, 0) is 18.4 Å². The van der Waals surface area contributed by atoms with Crippen LogP contribution in [0.3, 0.4) is 0 Å². The van der Waals surface area contributed by atoms with Crippen molar-refractivity contribution in [1.29, 1.82) is 0 Å².